The average Bonchev–Trinajstić information content (AvgIpc) is 2.61. The van der Waals surface area contributed by atoms with Crippen molar-refractivity contribution in [2.75, 3.05) is 22.7 Å². The summed E-state index contributed by atoms with van der Waals surface area (Å²) in [5.74, 6) is -0.615. The van der Waals surface area contributed by atoms with Crippen LogP contribution in [0.15, 0.2) is 47.4 Å². The third-order valence-electron chi connectivity index (χ3n) is 4.88. The van der Waals surface area contributed by atoms with Gasteiger partial charge < -0.3 is 10.0 Å². The van der Waals surface area contributed by atoms with E-state index >= 15 is 0 Å². The number of aromatic carboxylic acids is 1. The second kappa shape index (κ2) is 7.60. The van der Waals surface area contributed by atoms with Crippen LogP contribution >= 0.6 is 0 Å². The summed E-state index contributed by atoms with van der Waals surface area (Å²) < 4.78 is 27.9. The summed E-state index contributed by atoms with van der Waals surface area (Å²) in [6, 6.07) is 11.5. The molecule has 144 valence electrons. The molecule has 1 atom stereocenters. The molecule has 2 aromatic rings. The molecule has 2 N–H and O–H groups in total. The molecule has 2 aromatic carbocycles. The van der Waals surface area contributed by atoms with Crippen molar-refractivity contribution in [3.63, 3.8) is 0 Å². The number of hydrogen-bond donors (Lipinski definition) is 2. The highest BCUT2D eigenvalue weighted by Gasteiger charge is 2.22. The van der Waals surface area contributed by atoms with E-state index in [-0.39, 0.29) is 16.1 Å². The Kier molecular flexibility index (Phi) is 5.41. The first-order chi connectivity index (χ1) is 12.8. The molecule has 1 saturated heterocycles. The molecule has 1 unspecified atom stereocenters. The van der Waals surface area contributed by atoms with Crippen LogP contribution in [-0.2, 0) is 10.0 Å². The topological polar surface area (TPSA) is 86.7 Å². The van der Waals surface area contributed by atoms with Crippen molar-refractivity contribution in [2.45, 2.75) is 31.6 Å². The summed E-state index contributed by atoms with van der Waals surface area (Å²) in [7, 11) is -3.87. The highest BCUT2D eigenvalue weighted by molar-refractivity contribution is 7.92. The third kappa shape index (κ3) is 4.24. The molecule has 27 heavy (non-hydrogen) atoms. The van der Waals surface area contributed by atoms with Gasteiger partial charge in [0.05, 0.1) is 16.1 Å². The number of rotatable bonds is 5. The summed E-state index contributed by atoms with van der Waals surface area (Å²) in [4.78, 5) is 14.0. The van der Waals surface area contributed by atoms with Crippen LogP contribution < -0.4 is 9.62 Å². The van der Waals surface area contributed by atoms with Gasteiger partial charge in [-0.25, -0.2) is 13.2 Å². The van der Waals surface area contributed by atoms with E-state index in [0.29, 0.717) is 11.5 Å². The zero-order valence-electron chi connectivity index (χ0n) is 15.5. The predicted molar refractivity (Wildman–Crippen MR) is 106 cm³/mol. The number of piperidine rings is 1. The molecule has 0 aromatic heterocycles. The Morgan fingerprint density at radius 2 is 1.96 bits per heavy atom. The predicted octanol–water partition coefficient (Wildman–Crippen LogP) is 3.73. The maximum Gasteiger partial charge on any atom is 0.337 e. The second-order valence-corrected chi connectivity index (χ2v) is 8.75. The average molecular weight is 388 g/mol. The number of carboxylic acid groups (broad SMARTS) is 1. The Bertz CT molecular complexity index is 956. The van der Waals surface area contributed by atoms with Gasteiger partial charge in [0, 0.05) is 18.8 Å². The Morgan fingerprint density at radius 1 is 1.22 bits per heavy atom. The standard InChI is InChI=1S/C20H24N2O4S/c1-14-6-5-11-22(13-14)16-9-10-18(17(12-16)20(23)24)21-27(25,26)19-8-4-3-7-15(19)2/h3-4,7-10,12,14,21H,5-6,11,13H2,1-2H3,(H,23,24). The minimum Gasteiger partial charge on any atom is -0.478 e. The molecule has 0 aliphatic carbocycles. The molecule has 0 bridgehead atoms. The van der Waals surface area contributed by atoms with Crippen molar-refractivity contribution in [3.8, 4) is 0 Å². The number of benzene rings is 2. The Labute approximate surface area is 159 Å². The number of aryl methyl sites for hydroxylation is 1. The van der Waals surface area contributed by atoms with Gasteiger partial charge in [-0.15, -0.1) is 0 Å². The Morgan fingerprint density at radius 3 is 2.63 bits per heavy atom. The molecule has 1 heterocycles. The van der Waals surface area contributed by atoms with Gasteiger partial charge in [0.25, 0.3) is 10.0 Å². The molecular formula is C20H24N2O4S. The molecule has 0 radical (unpaired) electrons. The number of carboxylic acids is 1. The van der Waals surface area contributed by atoms with E-state index in [0.717, 1.165) is 31.6 Å². The van der Waals surface area contributed by atoms with Gasteiger partial charge in [-0.2, -0.15) is 0 Å². The summed E-state index contributed by atoms with van der Waals surface area (Å²) in [6.45, 7) is 5.62. The maximum absolute atomic E-state index is 12.7. The molecular weight excluding hydrogens is 364 g/mol. The largest absolute Gasteiger partial charge is 0.478 e. The molecule has 0 spiro atoms. The number of anilines is 2. The summed E-state index contributed by atoms with van der Waals surface area (Å²) in [6.07, 6.45) is 2.22. The molecule has 1 aliphatic rings. The summed E-state index contributed by atoms with van der Waals surface area (Å²) >= 11 is 0. The number of sulfonamides is 1. The number of nitrogens with zero attached hydrogens (tertiary/aromatic N) is 1. The molecule has 7 heteroatoms. The van der Waals surface area contributed by atoms with E-state index < -0.39 is 16.0 Å². The smallest absolute Gasteiger partial charge is 0.337 e. The fourth-order valence-electron chi connectivity index (χ4n) is 3.48. The SMILES string of the molecule is Cc1ccccc1S(=O)(=O)Nc1ccc(N2CCCC(C)C2)cc1C(=O)O. The minimum atomic E-state index is -3.87. The molecule has 1 aliphatic heterocycles. The van der Waals surface area contributed by atoms with Gasteiger partial charge in [0.2, 0.25) is 0 Å². The van der Waals surface area contributed by atoms with Crippen molar-refractivity contribution in [2.24, 2.45) is 5.92 Å². The highest BCUT2D eigenvalue weighted by Crippen LogP contribution is 2.29. The van der Waals surface area contributed by atoms with Crippen LogP contribution in [0.2, 0.25) is 0 Å². The zero-order valence-corrected chi connectivity index (χ0v) is 16.3. The van der Waals surface area contributed by atoms with Crippen molar-refractivity contribution in [1.82, 2.24) is 0 Å². The van der Waals surface area contributed by atoms with Crippen LogP contribution in [0.1, 0.15) is 35.7 Å². The number of nitrogens with one attached hydrogen (secondary N) is 1. The lowest BCUT2D eigenvalue weighted by atomic mass is 9.99. The van der Waals surface area contributed by atoms with Crippen LogP contribution in [0, 0.1) is 12.8 Å². The van der Waals surface area contributed by atoms with Crippen LogP contribution in [0.25, 0.3) is 0 Å². The van der Waals surface area contributed by atoms with Gasteiger partial charge in [0.15, 0.2) is 0 Å². The Hall–Kier alpha value is -2.54. The quantitative estimate of drug-likeness (QED) is 0.815. The first-order valence-corrected chi connectivity index (χ1v) is 10.5. The third-order valence-corrected chi connectivity index (χ3v) is 6.41. The van der Waals surface area contributed by atoms with Crippen molar-refractivity contribution in [3.05, 3.63) is 53.6 Å². The maximum atomic E-state index is 12.7. The van der Waals surface area contributed by atoms with Crippen LogP contribution in [0.5, 0.6) is 0 Å². The van der Waals surface area contributed by atoms with E-state index in [1.165, 1.54) is 12.1 Å². The van der Waals surface area contributed by atoms with Crippen LogP contribution in [0.4, 0.5) is 11.4 Å². The first-order valence-electron chi connectivity index (χ1n) is 8.98. The normalized spacial score (nSPS) is 17.6. The van der Waals surface area contributed by atoms with Gasteiger partial charge in [-0.05, 0) is 55.5 Å². The lowest BCUT2D eigenvalue weighted by Gasteiger charge is -2.33. The lowest BCUT2D eigenvalue weighted by Crippen LogP contribution is -2.34. The molecule has 3 rings (SSSR count). The number of hydrogen-bond acceptors (Lipinski definition) is 4. The molecule has 0 amide bonds. The molecule has 1 fully saturated rings. The van der Waals surface area contributed by atoms with E-state index in [1.807, 2.05) is 0 Å². The second-order valence-electron chi connectivity index (χ2n) is 7.10. The minimum absolute atomic E-state index is 0.0529. The first kappa shape index (κ1) is 19.2. The summed E-state index contributed by atoms with van der Waals surface area (Å²) in [5, 5.41) is 9.61. The highest BCUT2D eigenvalue weighted by atomic mass is 32.2. The van der Waals surface area contributed by atoms with Crippen molar-refractivity contribution >= 4 is 27.4 Å². The van der Waals surface area contributed by atoms with Gasteiger partial charge >= 0.3 is 5.97 Å². The van der Waals surface area contributed by atoms with Crippen molar-refractivity contribution in [1.29, 1.82) is 0 Å². The van der Waals surface area contributed by atoms with Gasteiger partial charge in [0.1, 0.15) is 0 Å². The Balaban J connectivity index is 1.94. The zero-order chi connectivity index (χ0) is 19.6. The van der Waals surface area contributed by atoms with Gasteiger partial charge in [-0.3, -0.25) is 4.72 Å². The molecule has 6 nitrogen and oxygen atoms in total. The number of carbonyl (C=O) groups is 1. The van der Waals surface area contributed by atoms with E-state index in [9.17, 15) is 18.3 Å². The summed E-state index contributed by atoms with van der Waals surface area (Å²) in [5.41, 5.74) is 1.42. The monoisotopic (exact) mass is 388 g/mol. The lowest BCUT2D eigenvalue weighted by molar-refractivity contribution is 0.0698. The molecule has 0 saturated carbocycles. The van der Waals surface area contributed by atoms with Crippen molar-refractivity contribution < 1.29 is 18.3 Å². The van der Waals surface area contributed by atoms with E-state index in [1.54, 1.807) is 37.3 Å². The van der Waals surface area contributed by atoms with E-state index in [2.05, 4.69) is 16.5 Å². The van der Waals surface area contributed by atoms with E-state index in [4.69, 9.17) is 0 Å². The fraction of sp³-hybridized carbons (Fsp3) is 0.350. The fourth-order valence-corrected chi connectivity index (χ4v) is 4.80. The van der Waals surface area contributed by atoms with Gasteiger partial charge in [-0.1, -0.05) is 25.1 Å². The van der Waals surface area contributed by atoms with Crippen LogP contribution in [-0.4, -0.2) is 32.6 Å². The van der Waals surface area contributed by atoms with Crippen LogP contribution in [0.3, 0.4) is 0 Å².